The first kappa shape index (κ1) is 13.4. The van der Waals surface area contributed by atoms with Crippen molar-refractivity contribution < 1.29 is 0 Å². The molecule has 2 aliphatic carbocycles. The summed E-state index contributed by atoms with van der Waals surface area (Å²) in [5.74, 6) is 1.99. The highest BCUT2D eigenvalue weighted by Crippen LogP contribution is 2.32. The van der Waals surface area contributed by atoms with Gasteiger partial charge in [0.1, 0.15) is 0 Å². The zero-order chi connectivity index (χ0) is 12.1. The summed E-state index contributed by atoms with van der Waals surface area (Å²) in [5.41, 5.74) is 0. The van der Waals surface area contributed by atoms with Crippen LogP contribution in [0.2, 0.25) is 0 Å². The van der Waals surface area contributed by atoms with Gasteiger partial charge in [0.2, 0.25) is 0 Å². The third-order valence-corrected chi connectivity index (χ3v) is 5.23. The van der Waals surface area contributed by atoms with E-state index in [0.29, 0.717) is 0 Å². The normalized spacial score (nSPS) is 32.8. The Bertz CT molecular complexity index is 208. The third kappa shape index (κ3) is 3.71. The quantitative estimate of drug-likeness (QED) is 0.741. The van der Waals surface area contributed by atoms with E-state index in [9.17, 15) is 0 Å². The van der Waals surface area contributed by atoms with Crippen molar-refractivity contribution in [1.29, 1.82) is 0 Å². The number of hydrogen-bond acceptors (Lipinski definition) is 1. The molecule has 17 heavy (non-hydrogen) atoms. The minimum absolute atomic E-state index is 0.816. The Morgan fingerprint density at radius 3 is 2.35 bits per heavy atom. The second kappa shape index (κ2) is 6.78. The van der Waals surface area contributed by atoms with Gasteiger partial charge < -0.3 is 5.32 Å². The average molecular weight is 237 g/mol. The molecule has 0 saturated heterocycles. The highest BCUT2D eigenvalue weighted by atomic mass is 15.0. The van der Waals surface area contributed by atoms with Crippen molar-refractivity contribution in [2.24, 2.45) is 11.8 Å². The van der Waals surface area contributed by atoms with Crippen molar-refractivity contribution in [3.05, 3.63) is 0 Å². The van der Waals surface area contributed by atoms with E-state index in [4.69, 9.17) is 0 Å². The van der Waals surface area contributed by atoms with E-state index in [0.717, 1.165) is 23.9 Å². The summed E-state index contributed by atoms with van der Waals surface area (Å²) in [6.45, 7) is 4.73. The standard InChI is InChI=1S/C16H31N/c1-3-13-10-11-15(12-13)17-16(4-2)14-8-6-5-7-9-14/h13-17H,3-12H2,1-2H3. The van der Waals surface area contributed by atoms with Gasteiger partial charge in [-0.2, -0.15) is 0 Å². The van der Waals surface area contributed by atoms with Gasteiger partial charge in [-0.1, -0.05) is 39.5 Å². The Morgan fingerprint density at radius 1 is 1.00 bits per heavy atom. The molecular formula is C16H31N. The predicted molar refractivity (Wildman–Crippen MR) is 75.2 cm³/mol. The lowest BCUT2D eigenvalue weighted by Crippen LogP contribution is -2.42. The molecule has 3 atom stereocenters. The van der Waals surface area contributed by atoms with Gasteiger partial charge in [0.05, 0.1) is 0 Å². The van der Waals surface area contributed by atoms with Gasteiger partial charge in [0, 0.05) is 12.1 Å². The molecule has 2 rings (SSSR count). The lowest BCUT2D eigenvalue weighted by Gasteiger charge is -2.32. The molecule has 0 aromatic rings. The van der Waals surface area contributed by atoms with Crippen LogP contribution >= 0.6 is 0 Å². The third-order valence-electron chi connectivity index (χ3n) is 5.23. The zero-order valence-corrected chi connectivity index (χ0v) is 11.9. The largest absolute Gasteiger partial charge is 0.311 e. The van der Waals surface area contributed by atoms with Gasteiger partial charge in [-0.25, -0.2) is 0 Å². The van der Waals surface area contributed by atoms with Crippen molar-refractivity contribution in [3.63, 3.8) is 0 Å². The summed E-state index contributed by atoms with van der Waals surface area (Å²) in [4.78, 5) is 0. The molecule has 2 aliphatic rings. The Morgan fingerprint density at radius 2 is 1.76 bits per heavy atom. The fraction of sp³-hybridized carbons (Fsp3) is 1.00. The van der Waals surface area contributed by atoms with Crippen LogP contribution in [0.15, 0.2) is 0 Å². The van der Waals surface area contributed by atoms with E-state index in [1.54, 1.807) is 0 Å². The fourth-order valence-corrected chi connectivity index (χ4v) is 4.02. The second-order valence-corrected chi connectivity index (χ2v) is 6.36. The molecule has 1 heteroatoms. The Balaban J connectivity index is 1.78. The SMILES string of the molecule is CCC1CCC(NC(CC)C2CCCCC2)C1. The van der Waals surface area contributed by atoms with Crippen LogP contribution in [0.5, 0.6) is 0 Å². The minimum Gasteiger partial charge on any atom is -0.311 e. The maximum absolute atomic E-state index is 4.00. The van der Waals surface area contributed by atoms with Gasteiger partial charge in [0.25, 0.3) is 0 Å². The lowest BCUT2D eigenvalue weighted by molar-refractivity contribution is 0.244. The Labute approximate surface area is 108 Å². The van der Waals surface area contributed by atoms with Crippen LogP contribution in [-0.4, -0.2) is 12.1 Å². The van der Waals surface area contributed by atoms with Crippen LogP contribution in [0.1, 0.15) is 78.1 Å². The molecule has 0 aromatic carbocycles. The van der Waals surface area contributed by atoms with Crippen molar-refractivity contribution >= 4 is 0 Å². The van der Waals surface area contributed by atoms with Crippen molar-refractivity contribution in [2.45, 2.75) is 90.1 Å². The Kier molecular flexibility index (Phi) is 5.34. The molecule has 3 unspecified atom stereocenters. The number of nitrogens with one attached hydrogen (secondary N) is 1. The molecule has 100 valence electrons. The lowest BCUT2D eigenvalue weighted by atomic mass is 9.82. The average Bonchev–Trinajstić information content (AvgIpc) is 2.84. The monoisotopic (exact) mass is 237 g/mol. The van der Waals surface area contributed by atoms with Crippen LogP contribution in [0.4, 0.5) is 0 Å². The molecule has 2 saturated carbocycles. The van der Waals surface area contributed by atoms with E-state index < -0.39 is 0 Å². The first-order valence-corrected chi connectivity index (χ1v) is 8.09. The first-order chi connectivity index (χ1) is 8.33. The minimum atomic E-state index is 0.816. The first-order valence-electron chi connectivity index (χ1n) is 8.09. The predicted octanol–water partition coefficient (Wildman–Crippen LogP) is 4.51. The Hall–Kier alpha value is -0.0400. The maximum Gasteiger partial charge on any atom is 0.00952 e. The van der Waals surface area contributed by atoms with Gasteiger partial charge in [-0.3, -0.25) is 0 Å². The topological polar surface area (TPSA) is 12.0 Å². The van der Waals surface area contributed by atoms with Gasteiger partial charge in [-0.05, 0) is 50.4 Å². The van der Waals surface area contributed by atoms with E-state index in [1.165, 1.54) is 64.2 Å². The molecule has 0 amide bonds. The molecule has 0 radical (unpaired) electrons. The number of rotatable bonds is 5. The molecule has 0 aliphatic heterocycles. The van der Waals surface area contributed by atoms with Crippen LogP contribution in [0, 0.1) is 11.8 Å². The summed E-state index contributed by atoms with van der Waals surface area (Å²) < 4.78 is 0. The molecular weight excluding hydrogens is 206 g/mol. The van der Waals surface area contributed by atoms with E-state index in [-0.39, 0.29) is 0 Å². The van der Waals surface area contributed by atoms with Crippen LogP contribution in [0.3, 0.4) is 0 Å². The summed E-state index contributed by atoms with van der Waals surface area (Å²) >= 11 is 0. The van der Waals surface area contributed by atoms with Gasteiger partial charge in [0.15, 0.2) is 0 Å². The van der Waals surface area contributed by atoms with Crippen molar-refractivity contribution in [2.75, 3.05) is 0 Å². The number of hydrogen-bond donors (Lipinski definition) is 1. The van der Waals surface area contributed by atoms with Crippen molar-refractivity contribution in [1.82, 2.24) is 5.32 Å². The summed E-state index contributed by atoms with van der Waals surface area (Å²) in [6.07, 6.45) is 14.5. The summed E-state index contributed by atoms with van der Waals surface area (Å²) in [5, 5.41) is 4.00. The molecule has 0 aromatic heterocycles. The molecule has 1 nitrogen and oxygen atoms in total. The fourth-order valence-electron chi connectivity index (χ4n) is 4.02. The van der Waals surface area contributed by atoms with Crippen molar-refractivity contribution in [3.8, 4) is 0 Å². The second-order valence-electron chi connectivity index (χ2n) is 6.36. The van der Waals surface area contributed by atoms with Crippen LogP contribution in [0.25, 0.3) is 0 Å². The summed E-state index contributed by atoms with van der Waals surface area (Å²) in [6, 6.07) is 1.66. The van der Waals surface area contributed by atoms with E-state index in [2.05, 4.69) is 19.2 Å². The molecule has 0 bridgehead atoms. The van der Waals surface area contributed by atoms with Crippen LogP contribution in [-0.2, 0) is 0 Å². The highest BCUT2D eigenvalue weighted by Gasteiger charge is 2.28. The van der Waals surface area contributed by atoms with Crippen LogP contribution < -0.4 is 5.32 Å². The molecule has 0 heterocycles. The maximum atomic E-state index is 4.00. The zero-order valence-electron chi connectivity index (χ0n) is 11.9. The van der Waals surface area contributed by atoms with E-state index in [1.807, 2.05) is 0 Å². The molecule has 0 spiro atoms. The smallest absolute Gasteiger partial charge is 0.00952 e. The van der Waals surface area contributed by atoms with Gasteiger partial charge in [-0.15, -0.1) is 0 Å². The summed E-state index contributed by atoms with van der Waals surface area (Å²) in [7, 11) is 0. The molecule has 2 fully saturated rings. The molecule has 1 N–H and O–H groups in total. The van der Waals surface area contributed by atoms with E-state index >= 15 is 0 Å². The highest BCUT2D eigenvalue weighted by molar-refractivity contribution is 4.86. The van der Waals surface area contributed by atoms with Gasteiger partial charge >= 0.3 is 0 Å².